The number of rotatable bonds is 1. The standard InChI is InChI=1S/C10H10ClNO3/c1-10(9(13)14)5-12-7-4-6(11)2-3-8(7)15-10/h2-4,12H,5H2,1H3,(H,13,14). The fourth-order valence-electron chi connectivity index (χ4n) is 1.39. The Hall–Kier alpha value is -1.42. The molecule has 1 heterocycles. The van der Waals surface area contributed by atoms with Crippen molar-refractivity contribution in [2.24, 2.45) is 0 Å². The second-order valence-electron chi connectivity index (χ2n) is 3.63. The monoisotopic (exact) mass is 227 g/mol. The van der Waals surface area contributed by atoms with Crippen LogP contribution in [0.1, 0.15) is 6.92 Å². The van der Waals surface area contributed by atoms with E-state index in [9.17, 15) is 4.79 Å². The third-order valence-corrected chi connectivity index (χ3v) is 2.58. The molecule has 0 bridgehead atoms. The van der Waals surface area contributed by atoms with E-state index in [0.717, 1.165) is 5.69 Å². The van der Waals surface area contributed by atoms with Crippen LogP contribution in [-0.4, -0.2) is 23.2 Å². The smallest absolute Gasteiger partial charge is 0.349 e. The Labute approximate surface area is 91.8 Å². The summed E-state index contributed by atoms with van der Waals surface area (Å²) < 4.78 is 5.42. The molecule has 0 amide bonds. The number of nitrogens with one attached hydrogen (secondary N) is 1. The lowest BCUT2D eigenvalue weighted by Crippen LogP contribution is -2.49. The number of aliphatic carboxylic acids is 1. The van der Waals surface area contributed by atoms with Crippen LogP contribution >= 0.6 is 11.6 Å². The van der Waals surface area contributed by atoms with Crippen molar-refractivity contribution in [3.63, 3.8) is 0 Å². The Kier molecular flexibility index (Phi) is 2.23. The summed E-state index contributed by atoms with van der Waals surface area (Å²) in [6, 6.07) is 5.03. The lowest BCUT2D eigenvalue weighted by Gasteiger charge is -2.32. The molecule has 1 aliphatic rings. The SMILES string of the molecule is CC1(C(=O)O)CNc2cc(Cl)ccc2O1. The van der Waals surface area contributed by atoms with Crippen LogP contribution in [0, 0.1) is 0 Å². The molecule has 2 rings (SSSR count). The number of anilines is 1. The molecule has 0 saturated heterocycles. The van der Waals surface area contributed by atoms with Gasteiger partial charge in [0, 0.05) is 5.02 Å². The van der Waals surface area contributed by atoms with Crippen LogP contribution in [-0.2, 0) is 4.79 Å². The van der Waals surface area contributed by atoms with Crippen molar-refractivity contribution in [2.45, 2.75) is 12.5 Å². The Morgan fingerprint density at radius 3 is 3.07 bits per heavy atom. The molecular formula is C10H10ClNO3. The van der Waals surface area contributed by atoms with Gasteiger partial charge in [-0.25, -0.2) is 4.79 Å². The van der Waals surface area contributed by atoms with Gasteiger partial charge < -0.3 is 15.2 Å². The van der Waals surface area contributed by atoms with Gasteiger partial charge in [-0.3, -0.25) is 0 Å². The second kappa shape index (κ2) is 3.31. The van der Waals surface area contributed by atoms with E-state index in [-0.39, 0.29) is 6.54 Å². The van der Waals surface area contributed by atoms with Crippen LogP contribution in [0.3, 0.4) is 0 Å². The first-order valence-electron chi connectivity index (χ1n) is 4.47. The molecular weight excluding hydrogens is 218 g/mol. The fourth-order valence-corrected chi connectivity index (χ4v) is 1.56. The third kappa shape index (κ3) is 1.72. The molecule has 1 atom stereocenters. The first kappa shape index (κ1) is 10.1. The molecule has 1 unspecified atom stereocenters. The van der Waals surface area contributed by atoms with Gasteiger partial charge in [0.05, 0.1) is 12.2 Å². The van der Waals surface area contributed by atoms with E-state index in [1.54, 1.807) is 18.2 Å². The number of fused-ring (bicyclic) bond motifs is 1. The highest BCUT2D eigenvalue weighted by molar-refractivity contribution is 6.30. The van der Waals surface area contributed by atoms with Gasteiger partial charge in [0.2, 0.25) is 5.60 Å². The van der Waals surface area contributed by atoms with Crippen molar-refractivity contribution in [3.05, 3.63) is 23.2 Å². The Balaban J connectivity index is 2.35. The summed E-state index contributed by atoms with van der Waals surface area (Å²) in [6.07, 6.45) is 0. The summed E-state index contributed by atoms with van der Waals surface area (Å²) >= 11 is 5.80. The zero-order chi connectivity index (χ0) is 11.1. The van der Waals surface area contributed by atoms with Crippen LogP contribution in [0.2, 0.25) is 5.02 Å². The summed E-state index contributed by atoms with van der Waals surface area (Å²) in [6.45, 7) is 1.75. The van der Waals surface area contributed by atoms with E-state index in [2.05, 4.69) is 5.32 Å². The molecule has 2 N–H and O–H groups in total. The number of hydrogen-bond donors (Lipinski definition) is 2. The van der Waals surface area contributed by atoms with Gasteiger partial charge in [0.1, 0.15) is 5.75 Å². The normalized spacial score (nSPS) is 23.6. The Morgan fingerprint density at radius 1 is 1.67 bits per heavy atom. The molecule has 0 aromatic heterocycles. The van der Waals surface area contributed by atoms with Crippen molar-refractivity contribution >= 4 is 23.3 Å². The summed E-state index contributed by atoms with van der Waals surface area (Å²) in [7, 11) is 0. The minimum atomic E-state index is -1.22. The van der Waals surface area contributed by atoms with E-state index in [4.69, 9.17) is 21.4 Å². The molecule has 1 aromatic rings. The minimum absolute atomic E-state index is 0.218. The first-order chi connectivity index (χ1) is 7.01. The number of carboxylic acid groups (broad SMARTS) is 1. The Morgan fingerprint density at radius 2 is 2.40 bits per heavy atom. The summed E-state index contributed by atoms with van der Waals surface area (Å²) in [5.74, 6) is -0.480. The average molecular weight is 228 g/mol. The third-order valence-electron chi connectivity index (χ3n) is 2.35. The van der Waals surface area contributed by atoms with Gasteiger partial charge in [0.15, 0.2) is 0 Å². The highest BCUT2D eigenvalue weighted by Crippen LogP contribution is 2.34. The van der Waals surface area contributed by atoms with Crippen LogP contribution < -0.4 is 10.1 Å². The minimum Gasteiger partial charge on any atom is -0.478 e. The largest absolute Gasteiger partial charge is 0.478 e. The molecule has 0 spiro atoms. The molecule has 1 aromatic carbocycles. The van der Waals surface area contributed by atoms with Crippen LogP contribution in [0.15, 0.2) is 18.2 Å². The molecule has 0 fully saturated rings. The van der Waals surface area contributed by atoms with Gasteiger partial charge in [-0.05, 0) is 25.1 Å². The highest BCUT2D eigenvalue weighted by atomic mass is 35.5. The maximum Gasteiger partial charge on any atom is 0.349 e. The molecule has 0 aliphatic carbocycles. The van der Waals surface area contributed by atoms with Crippen LogP contribution in [0.25, 0.3) is 0 Å². The van der Waals surface area contributed by atoms with Crippen molar-refractivity contribution < 1.29 is 14.6 Å². The van der Waals surface area contributed by atoms with Gasteiger partial charge in [-0.15, -0.1) is 0 Å². The summed E-state index contributed by atoms with van der Waals surface area (Å²) in [5.41, 5.74) is -0.498. The van der Waals surface area contributed by atoms with Crippen molar-refractivity contribution in [1.29, 1.82) is 0 Å². The van der Waals surface area contributed by atoms with Crippen molar-refractivity contribution in [3.8, 4) is 5.75 Å². The predicted molar refractivity (Wildman–Crippen MR) is 56.6 cm³/mol. The van der Waals surface area contributed by atoms with E-state index in [1.165, 1.54) is 6.92 Å². The topological polar surface area (TPSA) is 58.6 Å². The quantitative estimate of drug-likeness (QED) is 0.770. The summed E-state index contributed by atoms with van der Waals surface area (Å²) in [4.78, 5) is 11.0. The number of halogens is 1. The molecule has 1 aliphatic heterocycles. The summed E-state index contributed by atoms with van der Waals surface area (Å²) in [5, 5.41) is 12.6. The zero-order valence-electron chi connectivity index (χ0n) is 8.08. The lowest BCUT2D eigenvalue weighted by atomic mass is 10.0. The molecule has 5 heteroatoms. The number of ether oxygens (including phenoxy) is 1. The molecule has 0 saturated carbocycles. The second-order valence-corrected chi connectivity index (χ2v) is 4.07. The van der Waals surface area contributed by atoms with Gasteiger partial charge in [-0.1, -0.05) is 11.6 Å². The molecule has 80 valence electrons. The number of benzene rings is 1. The maximum absolute atomic E-state index is 11.0. The van der Waals surface area contributed by atoms with E-state index >= 15 is 0 Å². The van der Waals surface area contributed by atoms with Gasteiger partial charge >= 0.3 is 5.97 Å². The zero-order valence-corrected chi connectivity index (χ0v) is 8.84. The lowest BCUT2D eigenvalue weighted by molar-refractivity contribution is -0.152. The van der Waals surface area contributed by atoms with Gasteiger partial charge in [0.25, 0.3) is 0 Å². The number of carbonyl (C=O) groups is 1. The highest BCUT2D eigenvalue weighted by Gasteiger charge is 2.39. The molecule has 4 nitrogen and oxygen atoms in total. The number of hydrogen-bond acceptors (Lipinski definition) is 3. The van der Waals surface area contributed by atoms with Crippen LogP contribution in [0.5, 0.6) is 5.75 Å². The van der Waals surface area contributed by atoms with E-state index in [0.29, 0.717) is 10.8 Å². The molecule has 0 radical (unpaired) electrons. The number of carboxylic acids is 1. The Bertz CT molecular complexity index is 421. The van der Waals surface area contributed by atoms with Crippen molar-refractivity contribution in [1.82, 2.24) is 0 Å². The van der Waals surface area contributed by atoms with Crippen LogP contribution in [0.4, 0.5) is 5.69 Å². The van der Waals surface area contributed by atoms with Crippen molar-refractivity contribution in [2.75, 3.05) is 11.9 Å². The van der Waals surface area contributed by atoms with Gasteiger partial charge in [-0.2, -0.15) is 0 Å². The predicted octanol–water partition coefficient (Wildman–Crippen LogP) is 1.99. The molecule has 15 heavy (non-hydrogen) atoms. The van der Waals surface area contributed by atoms with E-state index < -0.39 is 11.6 Å². The fraction of sp³-hybridized carbons (Fsp3) is 0.300. The maximum atomic E-state index is 11.0. The average Bonchev–Trinajstić information content (AvgIpc) is 2.18. The first-order valence-corrected chi connectivity index (χ1v) is 4.85. The van der Waals surface area contributed by atoms with E-state index in [1.807, 2.05) is 0 Å².